The van der Waals surface area contributed by atoms with Gasteiger partial charge in [0.15, 0.2) is 0 Å². The fourth-order valence-electron chi connectivity index (χ4n) is 3.56. The van der Waals surface area contributed by atoms with Gasteiger partial charge in [-0.1, -0.05) is 42.0 Å². The number of carbonyl (C=O) groups excluding carboxylic acids is 1. The standard InChI is InChI=1S/C20H24ClN5OS/c1-2-4-18(27)22-11-14-5-3-10-25(12-14)20-24-26-13-17(23-19(26)28-20)15-6-8-16(21)9-7-15/h6-9,13-14H,2-5,10-12H2,1H3,(H,22,27). The zero-order chi connectivity index (χ0) is 19.5. The van der Waals surface area contributed by atoms with E-state index >= 15 is 0 Å². The Bertz CT molecular complexity index is 920. The third kappa shape index (κ3) is 4.31. The molecule has 3 aromatic rings. The van der Waals surface area contributed by atoms with Gasteiger partial charge in [-0.3, -0.25) is 4.79 Å². The minimum absolute atomic E-state index is 0.155. The van der Waals surface area contributed by atoms with Crippen LogP contribution in [-0.4, -0.2) is 40.1 Å². The highest BCUT2D eigenvalue weighted by molar-refractivity contribution is 7.20. The molecule has 1 aliphatic heterocycles. The maximum atomic E-state index is 11.7. The Morgan fingerprint density at radius 1 is 1.36 bits per heavy atom. The Hall–Kier alpha value is -2.12. The molecule has 1 unspecified atom stereocenters. The SMILES string of the molecule is CCCC(=O)NCC1CCCN(c2nn3cc(-c4ccc(Cl)cc4)nc3s2)C1. The number of hydrogen-bond acceptors (Lipinski definition) is 5. The van der Waals surface area contributed by atoms with Crippen molar-refractivity contribution < 1.29 is 4.79 Å². The van der Waals surface area contributed by atoms with Crippen LogP contribution in [0.3, 0.4) is 0 Å². The lowest BCUT2D eigenvalue weighted by molar-refractivity contribution is -0.121. The number of aromatic nitrogens is 3. The van der Waals surface area contributed by atoms with Crippen molar-refractivity contribution in [1.29, 1.82) is 0 Å². The van der Waals surface area contributed by atoms with Crippen LogP contribution in [0.5, 0.6) is 0 Å². The molecular formula is C20H24ClN5OS. The van der Waals surface area contributed by atoms with Crippen molar-refractivity contribution in [2.45, 2.75) is 32.6 Å². The van der Waals surface area contributed by atoms with Crippen LogP contribution in [-0.2, 0) is 4.79 Å². The molecule has 148 valence electrons. The van der Waals surface area contributed by atoms with E-state index in [2.05, 4.69) is 10.2 Å². The number of halogens is 1. The van der Waals surface area contributed by atoms with Gasteiger partial charge in [0.25, 0.3) is 0 Å². The normalized spacial score (nSPS) is 17.2. The number of imidazole rings is 1. The quantitative estimate of drug-likeness (QED) is 0.651. The number of hydrogen-bond donors (Lipinski definition) is 1. The van der Waals surface area contributed by atoms with Gasteiger partial charge < -0.3 is 10.2 Å². The van der Waals surface area contributed by atoms with Crippen molar-refractivity contribution in [1.82, 2.24) is 19.9 Å². The van der Waals surface area contributed by atoms with E-state index in [0.717, 1.165) is 65.3 Å². The minimum Gasteiger partial charge on any atom is -0.356 e. The van der Waals surface area contributed by atoms with Crippen LogP contribution in [0.2, 0.25) is 5.02 Å². The molecule has 2 aromatic heterocycles. The van der Waals surface area contributed by atoms with Crippen LogP contribution in [0.1, 0.15) is 32.6 Å². The molecule has 1 saturated heterocycles. The summed E-state index contributed by atoms with van der Waals surface area (Å²) in [4.78, 5) is 19.7. The van der Waals surface area contributed by atoms with E-state index in [1.54, 1.807) is 11.3 Å². The smallest absolute Gasteiger partial charge is 0.219 e. The number of benzene rings is 1. The molecule has 1 aliphatic rings. The van der Waals surface area contributed by atoms with Crippen molar-refractivity contribution in [3.8, 4) is 11.3 Å². The number of carbonyl (C=O) groups is 1. The summed E-state index contributed by atoms with van der Waals surface area (Å²) in [5.74, 6) is 0.623. The fourth-order valence-corrected chi connectivity index (χ4v) is 4.60. The fraction of sp³-hybridized carbons (Fsp3) is 0.450. The van der Waals surface area contributed by atoms with Crippen LogP contribution in [0, 0.1) is 5.92 Å². The van der Waals surface area contributed by atoms with E-state index in [1.807, 2.05) is 41.9 Å². The molecule has 0 radical (unpaired) electrons. The first kappa shape index (κ1) is 19.2. The highest BCUT2D eigenvalue weighted by atomic mass is 35.5. The molecule has 4 rings (SSSR count). The molecule has 0 bridgehead atoms. The molecule has 1 amide bonds. The van der Waals surface area contributed by atoms with E-state index < -0.39 is 0 Å². The third-order valence-corrected chi connectivity index (χ3v) is 6.26. The number of nitrogens with zero attached hydrogens (tertiary/aromatic N) is 4. The number of fused-ring (bicyclic) bond motifs is 1. The van der Waals surface area contributed by atoms with Gasteiger partial charge in [-0.25, -0.2) is 9.50 Å². The van der Waals surface area contributed by atoms with Gasteiger partial charge in [-0.2, -0.15) is 0 Å². The molecular weight excluding hydrogens is 394 g/mol. The van der Waals surface area contributed by atoms with Gasteiger partial charge in [0.1, 0.15) is 0 Å². The Labute approximate surface area is 173 Å². The van der Waals surface area contributed by atoms with Crippen LogP contribution >= 0.6 is 22.9 Å². The summed E-state index contributed by atoms with van der Waals surface area (Å²) in [5, 5.41) is 9.52. The summed E-state index contributed by atoms with van der Waals surface area (Å²) in [7, 11) is 0. The van der Waals surface area contributed by atoms with Gasteiger partial charge in [-0.15, -0.1) is 5.10 Å². The number of piperidine rings is 1. The van der Waals surface area contributed by atoms with E-state index in [1.165, 1.54) is 0 Å². The van der Waals surface area contributed by atoms with E-state index in [0.29, 0.717) is 12.3 Å². The second kappa shape index (κ2) is 8.49. The van der Waals surface area contributed by atoms with Crippen LogP contribution in [0.25, 0.3) is 16.2 Å². The molecule has 6 nitrogen and oxygen atoms in total. The molecule has 8 heteroatoms. The molecule has 0 spiro atoms. The first-order valence-electron chi connectivity index (χ1n) is 9.76. The summed E-state index contributed by atoms with van der Waals surface area (Å²) in [5.41, 5.74) is 1.93. The average Bonchev–Trinajstić information content (AvgIpc) is 3.27. The highest BCUT2D eigenvalue weighted by Crippen LogP contribution is 2.30. The van der Waals surface area contributed by atoms with Crippen molar-refractivity contribution in [3.63, 3.8) is 0 Å². The van der Waals surface area contributed by atoms with Gasteiger partial charge in [0.05, 0.1) is 11.9 Å². The lowest BCUT2D eigenvalue weighted by Crippen LogP contribution is -2.41. The molecule has 1 aromatic carbocycles. The predicted octanol–water partition coefficient (Wildman–Crippen LogP) is 4.24. The summed E-state index contributed by atoms with van der Waals surface area (Å²) >= 11 is 7.58. The van der Waals surface area contributed by atoms with E-state index in [9.17, 15) is 4.79 Å². The predicted molar refractivity (Wildman–Crippen MR) is 114 cm³/mol. The van der Waals surface area contributed by atoms with Gasteiger partial charge >= 0.3 is 0 Å². The number of anilines is 1. The molecule has 0 aliphatic carbocycles. The maximum Gasteiger partial charge on any atom is 0.219 e. The topological polar surface area (TPSA) is 62.5 Å². The number of rotatable bonds is 6. The molecule has 1 atom stereocenters. The Morgan fingerprint density at radius 3 is 2.93 bits per heavy atom. The maximum absolute atomic E-state index is 11.7. The Morgan fingerprint density at radius 2 is 2.18 bits per heavy atom. The summed E-state index contributed by atoms with van der Waals surface area (Å²) < 4.78 is 1.86. The second-order valence-corrected chi connectivity index (χ2v) is 8.62. The molecule has 1 N–H and O–H groups in total. The molecule has 0 saturated carbocycles. The largest absolute Gasteiger partial charge is 0.356 e. The van der Waals surface area contributed by atoms with Crippen molar-refractivity contribution in [2.75, 3.05) is 24.5 Å². The molecule has 1 fully saturated rings. The van der Waals surface area contributed by atoms with Crippen molar-refractivity contribution in [3.05, 3.63) is 35.5 Å². The lowest BCUT2D eigenvalue weighted by atomic mass is 9.98. The zero-order valence-corrected chi connectivity index (χ0v) is 17.5. The van der Waals surface area contributed by atoms with Crippen LogP contribution in [0.15, 0.2) is 30.5 Å². The third-order valence-electron chi connectivity index (χ3n) is 5.03. The van der Waals surface area contributed by atoms with Gasteiger partial charge in [0.2, 0.25) is 16.0 Å². The van der Waals surface area contributed by atoms with Crippen molar-refractivity contribution >= 4 is 38.9 Å². The number of nitrogens with one attached hydrogen (secondary N) is 1. The molecule has 3 heterocycles. The van der Waals surface area contributed by atoms with Crippen molar-refractivity contribution in [2.24, 2.45) is 5.92 Å². The zero-order valence-electron chi connectivity index (χ0n) is 15.9. The first-order chi connectivity index (χ1) is 13.6. The number of amides is 1. The van der Waals surface area contributed by atoms with Crippen LogP contribution < -0.4 is 10.2 Å². The minimum atomic E-state index is 0.155. The highest BCUT2D eigenvalue weighted by Gasteiger charge is 2.23. The summed E-state index contributed by atoms with van der Waals surface area (Å²) in [6, 6.07) is 7.68. The van der Waals surface area contributed by atoms with Gasteiger partial charge in [0, 0.05) is 36.6 Å². The Balaban J connectivity index is 1.43. The lowest BCUT2D eigenvalue weighted by Gasteiger charge is -2.32. The Kier molecular flexibility index (Phi) is 5.82. The summed E-state index contributed by atoms with van der Waals surface area (Å²) in [6.07, 6.45) is 5.72. The summed E-state index contributed by atoms with van der Waals surface area (Å²) in [6.45, 7) is 4.70. The molecule has 28 heavy (non-hydrogen) atoms. The first-order valence-corrected chi connectivity index (χ1v) is 11.0. The van der Waals surface area contributed by atoms with Gasteiger partial charge in [-0.05, 0) is 37.3 Å². The van der Waals surface area contributed by atoms with Crippen LogP contribution in [0.4, 0.5) is 5.13 Å². The van der Waals surface area contributed by atoms with E-state index in [4.69, 9.17) is 21.7 Å². The second-order valence-electron chi connectivity index (χ2n) is 7.25. The van der Waals surface area contributed by atoms with E-state index in [-0.39, 0.29) is 5.91 Å². The average molecular weight is 418 g/mol. The monoisotopic (exact) mass is 417 g/mol.